The Hall–Kier alpha value is -3.03. The number of nitrogens with zero attached hydrogens (tertiary/aromatic N) is 4. The molecule has 0 spiro atoms. The van der Waals surface area contributed by atoms with Gasteiger partial charge in [-0.3, -0.25) is 4.79 Å². The van der Waals surface area contributed by atoms with Crippen LogP contribution in [0.4, 0.5) is 0 Å². The molecule has 1 aromatic heterocycles. The Morgan fingerprint density at radius 1 is 1.06 bits per heavy atom. The number of amides is 1. The quantitative estimate of drug-likeness (QED) is 0.492. The third kappa shape index (κ3) is 6.20. The van der Waals surface area contributed by atoms with Crippen molar-refractivity contribution in [2.24, 2.45) is 5.92 Å². The minimum atomic E-state index is -0.0235. The molecule has 5 rings (SSSR count). The molecule has 2 aromatic carbocycles. The Morgan fingerprint density at radius 3 is 2.47 bits per heavy atom. The van der Waals surface area contributed by atoms with Crippen LogP contribution in [0, 0.1) is 12.8 Å². The molecule has 2 saturated heterocycles. The van der Waals surface area contributed by atoms with Gasteiger partial charge in [-0.25, -0.2) is 9.67 Å². The van der Waals surface area contributed by atoms with Gasteiger partial charge in [-0.2, -0.15) is 5.10 Å². The van der Waals surface area contributed by atoms with E-state index in [-0.39, 0.29) is 17.9 Å². The van der Waals surface area contributed by atoms with Crippen LogP contribution in [0.25, 0.3) is 0 Å². The molecule has 7 nitrogen and oxygen atoms in total. The molecule has 2 fully saturated rings. The van der Waals surface area contributed by atoms with Gasteiger partial charge in [-0.15, -0.1) is 0 Å². The molecule has 36 heavy (non-hydrogen) atoms. The van der Waals surface area contributed by atoms with Crippen LogP contribution < -0.4 is 5.32 Å². The van der Waals surface area contributed by atoms with E-state index in [9.17, 15) is 4.79 Å². The number of likely N-dealkylation sites (tertiary alicyclic amines) is 1. The third-order valence-electron chi connectivity index (χ3n) is 7.51. The molecule has 2 aliphatic rings. The van der Waals surface area contributed by atoms with Crippen LogP contribution in [0.2, 0.25) is 0 Å². The van der Waals surface area contributed by atoms with E-state index in [0.717, 1.165) is 63.4 Å². The van der Waals surface area contributed by atoms with Gasteiger partial charge in [0, 0.05) is 32.7 Å². The number of hydrogen-bond donors (Lipinski definition) is 1. The van der Waals surface area contributed by atoms with Crippen LogP contribution in [0.15, 0.2) is 60.7 Å². The van der Waals surface area contributed by atoms with Gasteiger partial charge in [-0.05, 0) is 43.7 Å². The highest BCUT2D eigenvalue weighted by Crippen LogP contribution is 2.25. The molecule has 3 aromatic rings. The van der Waals surface area contributed by atoms with E-state index in [2.05, 4.69) is 58.2 Å². The van der Waals surface area contributed by atoms with Gasteiger partial charge in [0.25, 0.3) is 0 Å². The lowest BCUT2D eigenvalue weighted by molar-refractivity contribution is -0.125. The molecular formula is C29H37N5O2. The van der Waals surface area contributed by atoms with Crippen molar-refractivity contribution in [1.82, 2.24) is 25.0 Å². The van der Waals surface area contributed by atoms with Gasteiger partial charge in [-0.1, -0.05) is 60.7 Å². The summed E-state index contributed by atoms with van der Waals surface area (Å²) in [5.74, 6) is 2.00. The molecule has 0 bridgehead atoms. The maximum absolute atomic E-state index is 12.8. The fraction of sp³-hybridized carbons (Fsp3) is 0.483. The van der Waals surface area contributed by atoms with Crippen LogP contribution in [0.5, 0.6) is 0 Å². The van der Waals surface area contributed by atoms with Crippen molar-refractivity contribution >= 4 is 5.91 Å². The molecule has 1 N–H and O–H groups in total. The van der Waals surface area contributed by atoms with Crippen LogP contribution in [0.1, 0.15) is 60.5 Å². The summed E-state index contributed by atoms with van der Waals surface area (Å²) in [7, 11) is 0. The zero-order chi connectivity index (χ0) is 24.7. The third-order valence-corrected chi connectivity index (χ3v) is 7.51. The summed E-state index contributed by atoms with van der Waals surface area (Å²) in [6.07, 6.45) is 4.62. The molecule has 2 aliphatic heterocycles. The second-order valence-electron chi connectivity index (χ2n) is 10.1. The predicted octanol–water partition coefficient (Wildman–Crippen LogP) is 4.10. The van der Waals surface area contributed by atoms with E-state index < -0.39 is 0 Å². The number of rotatable bonds is 9. The fourth-order valence-electron chi connectivity index (χ4n) is 5.39. The van der Waals surface area contributed by atoms with Gasteiger partial charge in [0.05, 0.1) is 24.6 Å². The molecule has 1 unspecified atom stereocenters. The Kier molecular flexibility index (Phi) is 8.08. The first-order valence-electron chi connectivity index (χ1n) is 13.3. The van der Waals surface area contributed by atoms with Crippen molar-refractivity contribution in [3.63, 3.8) is 0 Å². The predicted molar refractivity (Wildman–Crippen MR) is 140 cm³/mol. The lowest BCUT2D eigenvalue weighted by Crippen LogP contribution is -2.39. The Balaban J connectivity index is 1.15. The largest absolute Gasteiger partial charge is 0.381 e. The standard InChI is InChI=1S/C29H37N5O2/c1-22-30-28(20-23-8-4-2-5-9-23)32-34(22)26-12-16-33(17-13-26)18-14-27(24-10-6-3-7-11-24)31-29(35)25-15-19-36-21-25/h2-11,25-27H,12-21H2,1H3,(H,31,35)/t25?,27-/m0/s1. The summed E-state index contributed by atoms with van der Waals surface area (Å²) in [4.78, 5) is 20.1. The highest BCUT2D eigenvalue weighted by molar-refractivity contribution is 5.79. The van der Waals surface area contributed by atoms with Crippen molar-refractivity contribution in [1.29, 1.82) is 0 Å². The van der Waals surface area contributed by atoms with E-state index in [1.807, 2.05) is 24.3 Å². The number of aryl methyl sites for hydroxylation is 1. The molecule has 0 saturated carbocycles. The van der Waals surface area contributed by atoms with E-state index >= 15 is 0 Å². The first kappa shape index (κ1) is 24.7. The van der Waals surface area contributed by atoms with Crippen LogP contribution in [0.3, 0.4) is 0 Å². The molecular weight excluding hydrogens is 450 g/mol. The number of hydrogen-bond acceptors (Lipinski definition) is 5. The Morgan fingerprint density at radius 2 is 1.78 bits per heavy atom. The number of piperidine rings is 1. The van der Waals surface area contributed by atoms with Gasteiger partial charge < -0.3 is 15.0 Å². The van der Waals surface area contributed by atoms with E-state index in [4.69, 9.17) is 14.8 Å². The topological polar surface area (TPSA) is 72.3 Å². The SMILES string of the molecule is Cc1nc(Cc2ccccc2)nn1C1CCN(CC[C@H](NC(=O)C2CCOC2)c2ccccc2)CC1. The van der Waals surface area contributed by atoms with Crippen molar-refractivity contribution < 1.29 is 9.53 Å². The van der Waals surface area contributed by atoms with Crippen molar-refractivity contribution in [3.8, 4) is 0 Å². The molecule has 190 valence electrons. The number of carbonyl (C=O) groups excluding carboxylic acids is 1. The average Bonchev–Trinajstić information content (AvgIpc) is 3.58. The Bertz CT molecular complexity index is 1100. The molecule has 7 heteroatoms. The summed E-state index contributed by atoms with van der Waals surface area (Å²) in [5.41, 5.74) is 2.41. The second kappa shape index (κ2) is 11.8. The van der Waals surface area contributed by atoms with Gasteiger partial charge in [0.15, 0.2) is 5.82 Å². The molecule has 0 aliphatic carbocycles. The number of ether oxygens (including phenoxy) is 1. The zero-order valence-electron chi connectivity index (χ0n) is 21.2. The molecule has 0 radical (unpaired) electrons. The monoisotopic (exact) mass is 487 g/mol. The van der Waals surface area contributed by atoms with Crippen molar-refractivity contribution in [3.05, 3.63) is 83.4 Å². The van der Waals surface area contributed by atoms with E-state index in [0.29, 0.717) is 19.3 Å². The zero-order valence-corrected chi connectivity index (χ0v) is 21.2. The summed E-state index contributed by atoms with van der Waals surface area (Å²) in [6.45, 7) is 6.31. The molecule has 2 atom stereocenters. The lowest BCUT2D eigenvalue weighted by Gasteiger charge is -2.33. The molecule has 1 amide bonds. The second-order valence-corrected chi connectivity index (χ2v) is 10.1. The fourth-order valence-corrected chi connectivity index (χ4v) is 5.39. The normalized spacial score (nSPS) is 19.9. The number of carbonyl (C=O) groups is 1. The first-order chi connectivity index (χ1) is 17.7. The van der Waals surface area contributed by atoms with E-state index in [1.54, 1.807) is 0 Å². The highest BCUT2D eigenvalue weighted by Gasteiger charge is 2.27. The lowest BCUT2D eigenvalue weighted by atomic mass is 10.00. The smallest absolute Gasteiger partial charge is 0.226 e. The number of nitrogens with one attached hydrogen (secondary N) is 1. The van der Waals surface area contributed by atoms with Gasteiger partial charge >= 0.3 is 0 Å². The maximum Gasteiger partial charge on any atom is 0.226 e. The van der Waals surface area contributed by atoms with Crippen LogP contribution in [-0.4, -0.2) is 58.4 Å². The minimum absolute atomic E-state index is 0.0233. The minimum Gasteiger partial charge on any atom is -0.381 e. The number of aromatic nitrogens is 3. The van der Waals surface area contributed by atoms with Crippen molar-refractivity contribution in [2.75, 3.05) is 32.8 Å². The summed E-state index contributed by atoms with van der Waals surface area (Å²) in [5, 5.41) is 8.18. The van der Waals surface area contributed by atoms with Gasteiger partial charge in [0.2, 0.25) is 5.91 Å². The first-order valence-corrected chi connectivity index (χ1v) is 13.3. The van der Waals surface area contributed by atoms with Crippen LogP contribution >= 0.6 is 0 Å². The summed E-state index contributed by atoms with van der Waals surface area (Å²) < 4.78 is 7.57. The molecule has 3 heterocycles. The highest BCUT2D eigenvalue weighted by atomic mass is 16.5. The Labute approximate surface area is 213 Å². The van der Waals surface area contributed by atoms with Gasteiger partial charge in [0.1, 0.15) is 5.82 Å². The number of benzene rings is 2. The van der Waals surface area contributed by atoms with E-state index in [1.165, 1.54) is 11.1 Å². The van der Waals surface area contributed by atoms with Crippen LogP contribution in [-0.2, 0) is 16.0 Å². The maximum atomic E-state index is 12.8. The van der Waals surface area contributed by atoms with Crippen molar-refractivity contribution in [2.45, 2.75) is 51.1 Å². The summed E-state index contributed by atoms with van der Waals surface area (Å²) in [6, 6.07) is 21.2. The summed E-state index contributed by atoms with van der Waals surface area (Å²) >= 11 is 0. The average molecular weight is 488 g/mol.